The molecule has 1 heterocycles. The largest absolute Gasteiger partial charge is 0.464 e. The van der Waals surface area contributed by atoms with Crippen LogP contribution in [0, 0.1) is 5.82 Å². The van der Waals surface area contributed by atoms with Crippen LogP contribution >= 0.6 is 0 Å². The first-order chi connectivity index (χ1) is 8.19. The standard InChI is InChI=1S/C12H11FN2O2/c1-17-12(16)10-7-14-11(15-10)6-8-3-2-4-9(13)5-8/h2-5,7H,6H2,1H3,(H,14,15). The summed E-state index contributed by atoms with van der Waals surface area (Å²) in [5.41, 5.74) is 1.08. The fourth-order valence-electron chi connectivity index (χ4n) is 1.51. The van der Waals surface area contributed by atoms with Crippen LogP contribution in [0.1, 0.15) is 21.9 Å². The predicted molar refractivity (Wildman–Crippen MR) is 59.1 cm³/mol. The molecule has 0 amide bonds. The van der Waals surface area contributed by atoms with E-state index in [2.05, 4.69) is 14.7 Å². The van der Waals surface area contributed by atoms with Crippen LogP contribution in [0.15, 0.2) is 30.5 Å². The van der Waals surface area contributed by atoms with Crippen molar-refractivity contribution in [2.24, 2.45) is 0 Å². The number of rotatable bonds is 3. The van der Waals surface area contributed by atoms with Crippen molar-refractivity contribution in [2.75, 3.05) is 7.11 Å². The Labute approximate surface area is 97.5 Å². The number of imidazole rings is 1. The molecule has 2 aromatic rings. The molecule has 4 nitrogen and oxygen atoms in total. The van der Waals surface area contributed by atoms with E-state index in [1.165, 1.54) is 25.4 Å². The number of aromatic amines is 1. The molecular weight excluding hydrogens is 223 g/mol. The molecular formula is C12H11FN2O2. The Hall–Kier alpha value is -2.17. The van der Waals surface area contributed by atoms with Crippen molar-refractivity contribution in [3.05, 3.63) is 53.4 Å². The Bertz CT molecular complexity index is 537. The molecule has 0 unspecified atom stereocenters. The molecule has 88 valence electrons. The smallest absolute Gasteiger partial charge is 0.356 e. The normalized spacial score (nSPS) is 10.2. The minimum atomic E-state index is -0.469. The first kappa shape index (κ1) is 11.3. The highest BCUT2D eigenvalue weighted by molar-refractivity contribution is 5.86. The molecule has 1 aromatic heterocycles. The van der Waals surface area contributed by atoms with E-state index in [0.29, 0.717) is 17.9 Å². The number of benzene rings is 1. The molecule has 0 saturated heterocycles. The van der Waals surface area contributed by atoms with Gasteiger partial charge in [0.15, 0.2) is 0 Å². The molecule has 0 saturated carbocycles. The maximum Gasteiger partial charge on any atom is 0.356 e. The van der Waals surface area contributed by atoms with Crippen molar-refractivity contribution in [3.63, 3.8) is 0 Å². The van der Waals surface area contributed by atoms with Gasteiger partial charge in [0.25, 0.3) is 0 Å². The average Bonchev–Trinajstić information content (AvgIpc) is 2.76. The van der Waals surface area contributed by atoms with Gasteiger partial charge in [-0.2, -0.15) is 0 Å². The lowest BCUT2D eigenvalue weighted by Crippen LogP contribution is -2.01. The number of aromatic nitrogens is 2. The maximum atomic E-state index is 13.0. The predicted octanol–water partition coefficient (Wildman–Crippen LogP) is 1.93. The number of nitrogens with one attached hydrogen (secondary N) is 1. The average molecular weight is 234 g/mol. The summed E-state index contributed by atoms with van der Waals surface area (Å²) >= 11 is 0. The van der Waals surface area contributed by atoms with Gasteiger partial charge in [0.05, 0.1) is 13.3 Å². The Morgan fingerprint density at radius 2 is 2.35 bits per heavy atom. The van der Waals surface area contributed by atoms with E-state index < -0.39 is 5.97 Å². The first-order valence-corrected chi connectivity index (χ1v) is 5.05. The van der Waals surface area contributed by atoms with Gasteiger partial charge in [0.2, 0.25) is 0 Å². The molecule has 17 heavy (non-hydrogen) atoms. The number of H-pyrrole nitrogens is 1. The number of hydrogen-bond donors (Lipinski definition) is 1. The Morgan fingerprint density at radius 3 is 3.06 bits per heavy atom. The number of methoxy groups -OCH3 is 1. The van der Waals surface area contributed by atoms with Crippen LogP contribution < -0.4 is 0 Å². The minimum absolute atomic E-state index is 0.290. The molecule has 0 spiro atoms. The van der Waals surface area contributed by atoms with Crippen LogP contribution in [-0.4, -0.2) is 23.0 Å². The second-order valence-electron chi connectivity index (χ2n) is 3.54. The van der Waals surface area contributed by atoms with Crippen LogP contribution in [0.2, 0.25) is 0 Å². The van der Waals surface area contributed by atoms with Gasteiger partial charge in [0.1, 0.15) is 17.3 Å². The molecule has 0 radical (unpaired) electrons. The molecule has 0 aliphatic heterocycles. The lowest BCUT2D eigenvalue weighted by molar-refractivity contribution is 0.0594. The third-order valence-corrected chi connectivity index (χ3v) is 2.29. The highest BCUT2D eigenvalue weighted by atomic mass is 19.1. The summed E-state index contributed by atoms with van der Waals surface area (Å²) in [7, 11) is 1.30. The number of carbonyl (C=O) groups excluding carboxylic acids is 1. The zero-order chi connectivity index (χ0) is 12.3. The summed E-state index contributed by atoms with van der Waals surface area (Å²) in [5.74, 6) is -0.166. The second kappa shape index (κ2) is 4.78. The van der Waals surface area contributed by atoms with Gasteiger partial charge in [-0.15, -0.1) is 0 Å². The number of halogens is 1. The Kier molecular flexibility index (Phi) is 3.18. The van der Waals surface area contributed by atoms with Crippen LogP contribution in [-0.2, 0) is 11.2 Å². The van der Waals surface area contributed by atoms with E-state index in [-0.39, 0.29) is 5.82 Å². The van der Waals surface area contributed by atoms with Gasteiger partial charge in [-0.3, -0.25) is 0 Å². The third-order valence-electron chi connectivity index (χ3n) is 2.29. The Morgan fingerprint density at radius 1 is 1.53 bits per heavy atom. The van der Waals surface area contributed by atoms with Crippen LogP contribution in [0.25, 0.3) is 0 Å². The van der Waals surface area contributed by atoms with Gasteiger partial charge in [-0.1, -0.05) is 12.1 Å². The summed E-state index contributed by atoms with van der Waals surface area (Å²) in [5, 5.41) is 0. The fraction of sp³-hybridized carbons (Fsp3) is 0.167. The highest BCUT2D eigenvalue weighted by Gasteiger charge is 2.09. The number of carbonyl (C=O) groups is 1. The van der Waals surface area contributed by atoms with Gasteiger partial charge < -0.3 is 9.72 Å². The minimum Gasteiger partial charge on any atom is -0.464 e. The summed E-state index contributed by atoms with van der Waals surface area (Å²) < 4.78 is 17.5. The summed E-state index contributed by atoms with van der Waals surface area (Å²) in [6, 6.07) is 6.24. The molecule has 2 rings (SSSR count). The molecule has 0 aliphatic rings. The number of esters is 1. The van der Waals surface area contributed by atoms with E-state index in [4.69, 9.17) is 0 Å². The fourth-order valence-corrected chi connectivity index (χ4v) is 1.51. The molecule has 0 aliphatic carbocycles. The van der Waals surface area contributed by atoms with Gasteiger partial charge in [0, 0.05) is 6.42 Å². The van der Waals surface area contributed by atoms with Crippen LogP contribution in [0.3, 0.4) is 0 Å². The summed E-state index contributed by atoms with van der Waals surface area (Å²) in [6.45, 7) is 0. The van der Waals surface area contributed by atoms with E-state index in [9.17, 15) is 9.18 Å². The first-order valence-electron chi connectivity index (χ1n) is 5.05. The lowest BCUT2D eigenvalue weighted by Gasteiger charge is -1.98. The maximum absolute atomic E-state index is 13.0. The summed E-state index contributed by atoms with van der Waals surface area (Å²) in [4.78, 5) is 18.0. The molecule has 1 aromatic carbocycles. The zero-order valence-corrected chi connectivity index (χ0v) is 9.24. The highest BCUT2D eigenvalue weighted by Crippen LogP contribution is 2.09. The monoisotopic (exact) mass is 234 g/mol. The molecule has 0 atom stereocenters. The van der Waals surface area contributed by atoms with Crippen molar-refractivity contribution < 1.29 is 13.9 Å². The SMILES string of the molecule is COC(=O)c1cnc(Cc2cccc(F)c2)[nH]1. The van der Waals surface area contributed by atoms with Gasteiger partial charge in [-0.05, 0) is 17.7 Å². The van der Waals surface area contributed by atoms with Crippen molar-refractivity contribution >= 4 is 5.97 Å². The van der Waals surface area contributed by atoms with Crippen molar-refractivity contribution in [1.82, 2.24) is 9.97 Å². The van der Waals surface area contributed by atoms with Gasteiger partial charge >= 0.3 is 5.97 Å². The van der Waals surface area contributed by atoms with E-state index in [1.54, 1.807) is 12.1 Å². The zero-order valence-electron chi connectivity index (χ0n) is 9.24. The number of ether oxygens (including phenoxy) is 1. The third kappa shape index (κ3) is 2.69. The number of hydrogen-bond acceptors (Lipinski definition) is 3. The molecule has 1 N–H and O–H groups in total. The molecule has 5 heteroatoms. The van der Waals surface area contributed by atoms with E-state index in [1.807, 2.05) is 0 Å². The number of nitrogens with zero attached hydrogens (tertiary/aromatic N) is 1. The molecule has 0 bridgehead atoms. The van der Waals surface area contributed by atoms with Crippen molar-refractivity contribution in [3.8, 4) is 0 Å². The lowest BCUT2D eigenvalue weighted by atomic mass is 10.1. The van der Waals surface area contributed by atoms with Crippen molar-refractivity contribution in [2.45, 2.75) is 6.42 Å². The summed E-state index contributed by atoms with van der Waals surface area (Å²) in [6.07, 6.45) is 1.84. The van der Waals surface area contributed by atoms with E-state index >= 15 is 0 Å². The van der Waals surface area contributed by atoms with E-state index in [0.717, 1.165) is 5.56 Å². The van der Waals surface area contributed by atoms with Crippen LogP contribution in [0.5, 0.6) is 0 Å². The van der Waals surface area contributed by atoms with Crippen LogP contribution in [0.4, 0.5) is 4.39 Å². The Balaban J connectivity index is 2.14. The molecule has 0 fully saturated rings. The van der Waals surface area contributed by atoms with Gasteiger partial charge in [-0.25, -0.2) is 14.2 Å². The quantitative estimate of drug-likeness (QED) is 0.825. The van der Waals surface area contributed by atoms with Crippen molar-refractivity contribution in [1.29, 1.82) is 0 Å². The second-order valence-corrected chi connectivity index (χ2v) is 3.54. The topological polar surface area (TPSA) is 55.0 Å².